The molecular weight excluding hydrogens is 290 g/mol. The fourth-order valence-corrected chi connectivity index (χ4v) is 2.02. The highest BCUT2D eigenvalue weighted by Gasteiger charge is 2.29. The molecule has 1 aliphatic rings. The highest BCUT2D eigenvalue weighted by Crippen LogP contribution is 2.40. The monoisotopic (exact) mass is 305 g/mol. The second-order valence-corrected chi connectivity index (χ2v) is 5.29. The Morgan fingerprint density at radius 1 is 1.55 bits per heavy atom. The molecule has 2 aromatic heterocycles. The first-order chi connectivity index (χ1) is 10.5. The minimum atomic E-state index is -1.01. The fraction of sp³-hybridized carbons (Fsp3) is 0.462. The summed E-state index contributed by atoms with van der Waals surface area (Å²) < 4.78 is 5.13. The van der Waals surface area contributed by atoms with E-state index in [1.807, 2.05) is 0 Å². The SMILES string of the molecule is C[C@@H](NC(=O)c1cc(C2CC2)on1)c1n[nH]c(CC(=O)O)n1. The number of nitrogens with one attached hydrogen (secondary N) is 2. The summed E-state index contributed by atoms with van der Waals surface area (Å²) in [6.45, 7) is 1.70. The van der Waals surface area contributed by atoms with Crippen LogP contribution in [0.25, 0.3) is 0 Å². The van der Waals surface area contributed by atoms with Crippen molar-refractivity contribution in [3.05, 3.63) is 29.2 Å². The lowest BCUT2D eigenvalue weighted by atomic mass is 10.2. The number of nitrogens with zero attached hydrogens (tertiary/aromatic N) is 3. The average molecular weight is 305 g/mol. The van der Waals surface area contributed by atoms with Crippen molar-refractivity contribution < 1.29 is 19.2 Å². The van der Waals surface area contributed by atoms with Gasteiger partial charge in [0.05, 0.1) is 6.04 Å². The van der Waals surface area contributed by atoms with Gasteiger partial charge in [0.15, 0.2) is 11.5 Å². The minimum Gasteiger partial charge on any atom is -0.481 e. The van der Waals surface area contributed by atoms with Crippen LogP contribution >= 0.6 is 0 Å². The van der Waals surface area contributed by atoms with Gasteiger partial charge >= 0.3 is 5.97 Å². The maximum Gasteiger partial charge on any atom is 0.311 e. The summed E-state index contributed by atoms with van der Waals surface area (Å²) in [6, 6.07) is 1.17. The molecule has 9 heteroatoms. The number of amides is 1. The van der Waals surface area contributed by atoms with Gasteiger partial charge in [-0.1, -0.05) is 5.16 Å². The van der Waals surface area contributed by atoms with Crippen LogP contribution in [-0.2, 0) is 11.2 Å². The Balaban J connectivity index is 1.62. The summed E-state index contributed by atoms with van der Waals surface area (Å²) in [5, 5.41) is 21.6. The molecule has 3 N–H and O–H groups in total. The molecule has 0 aromatic carbocycles. The number of rotatable bonds is 6. The van der Waals surface area contributed by atoms with E-state index in [0.717, 1.165) is 18.6 Å². The minimum absolute atomic E-state index is 0.218. The van der Waals surface area contributed by atoms with Crippen LogP contribution in [-0.4, -0.2) is 37.3 Å². The zero-order valence-electron chi connectivity index (χ0n) is 11.9. The van der Waals surface area contributed by atoms with Crippen LogP contribution in [0.2, 0.25) is 0 Å². The number of H-pyrrole nitrogens is 1. The van der Waals surface area contributed by atoms with Gasteiger partial charge in [0.1, 0.15) is 18.0 Å². The van der Waals surface area contributed by atoms with Crippen molar-refractivity contribution in [2.75, 3.05) is 0 Å². The highest BCUT2D eigenvalue weighted by atomic mass is 16.5. The van der Waals surface area contributed by atoms with E-state index in [0.29, 0.717) is 11.7 Å². The van der Waals surface area contributed by atoms with Gasteiger partial charge in [-0.25, -0.2) is 4.98 Å². The van der Waals surface area contributed by atoms with Crippen LogP contribution in [0, 0.1) is 0 Å². The first-order valence-electron chi connectivity index (χ1n) is 6.93. The van der Waals surface area contributed by atoms with Gasteiger partial charge in [-0.05, 0) is 19.8 Å². The molecule has 0 radical (unpaired) electrons. The van der Waals surface area contributed by atoms with E-state index in [9.17, 15) is 9.59 Å². The average Bonchev–Trinajstić information content (AvgIpc) is 3.00. The Bertz CT molecular complexity index is 703. The summed E-state index contributed by atoms with van der Waals surface area (Å²) in [6.07, 6.45) is 1.88. The van der Waals surface area contributed by atoms with E-state index in [-0.39, 0.29) is 23.8 Å². The maximum atomic E-state index is 12.1. The standard InChI is InChI=1S/C13H15N5O4/c1-6(12-15-10(16-17-12)5-11(19)20)14-13(21)8-4-9(22-18-8)7-2-3-7/h4,6-7H,2-3,5H2,1H3,(H,14,21)(H,19,20)(H,15,16,17)/t6-/m1/s1. The lowest BCUT2D eigenvalue weighted by molar-refractivity contribution is -0.136. The number of carboxylic acids is 1. The summed E-state index contributed by atoms with van der Waals surface area (Å²) in [5.41, 5.74) is 0.218. The van der Waals surface area contributed by atoms with Crippen LogP contribution in [0.1, 0.15) is 59.6 Å². The molecule has 1 fully saturated rings. The van der Waals surface area contributed by atoms with Crippen LogP contribution in [0.5, 0.6) is 0 Å². The number of aromatic nitrogens is 4. The maximum absolute atomic E-state index is 12.1. The lowest BCUT2D eigenvalue weighted by Crippen LogP contribution is -2.27. The zero-order chi connectivity index (χ0) is 15.7. The largest absolute Gasteiger partial charge is 0.481 e. The van der Waals surface area contributed by atoms with Crippen LogP contribution in [0.15, 0.2) is 10.6 Å². The third kappa shape index (κ3) is 3.13. The number of hydrogen-bond acceptors (Lipinski definition) is 6. The van der Waals surface area contributed by atoms with E-state index in [4.69, 9.17) is 9.63 Å². The van der Waals surface area contributed by atoms with Gasteiger partial charge < -0.3 is 14.9 Å². The number of aliphatic carboxylic acids is 1. The van der Waals surface area contributed by atoms with Crippen LogP contribution < -0.4 is 5.32 Å². The van der Waals surface area contributed by atoms with E-state index in [1.165, 1.54) is 0 Å². The van der Waals surface area contributed by atoms with E-state index in [2.05, 4.69) is 25.7 Å². The van der Waals surface area contributed by atoms with E-state index in [1.54, 1.807) is 13.0 Å². The van der Waals surface area contributed by atoms with E-state index < -0.39 is 12.0 Å². The van der Waals surface area contributed by atoms with Gasteiger partial charge in [0.25, 0.3) is 5.91 Å². The van der Waals surface area contributed by atoms with Crippen molar-refractivity contribution >= 4 is 11.9 Å². The molecule has 2 heterocycles. The molecule has 22 heavy (non-hydrogen) atoms. The van der Waals surface area contributed by atoms with Gasteiger partial charge in [-0.2, -0.15) is 5.10 Å². The molecule has 1 saturated carbocycles. The number of carbonyl (C=O) groups is 2. The van der Waals surface area contributed by atoms with Gasteiger partial charge in [-0.15, -0.1) is 0 Å². The zero-order valence-corrected chi connectivity index (χ0v) is 11.9. The van der Waals surface area contributed by atoms with Crippen molar-refractivity contribution in [1.29, 1.82) is 0 Å². The Morgan fingerprint density at radius 2 is 2.32 bits per heavy atom. The normalized spacial score (nSPS) is 15.5. The molecule has 1 amide bonds. The number of carbonyl (C=O) groups excluding carboxylic acids is 1. The van der Waals surface area contributed by atoms with Gasteiger partial charge in [0.2, 0.25) is 0 Å². The Kier molecular flexibility index (Phi) is 3.61. The molecule has 3 rings (SSSR count). The van der Waals surface area contributed by atoms with Crippen LogP contribution in [0.4, 0.5) is 0 Å². The van der Waals surface area contributed by atoms with Crippen molar-refractivity contribution in [1.82, 2.24) is 25.7 Å². The first kappa shape index (κ1) is 14.2. The van der Waals surface area contributed by atoms with E-state index >= 15 is 0 Å². The molecular formula is C13H15N5O4. The molecule has 0 bridgehead atoms. The number of hydrogen-bond donors (Lipinski definition) is 3. The topological polar surface area (TPSA) is 134 Å². The number of carboxylic acid groups (broad SMARTS) is 1. The summed E-state index contributed by atoms with van der Waals surface area (Å²) in [5.74, 6) is 0.288. The highest BCUT2D eigenvalue weighted by molar-refractivity contribution is 5.92. The molecule has 116 valence electrons. The molecule has 0 unspecified atom stereocenters. The summed E-state index contributed by atoms with van der Waals surface area (Å²) >= 11 is 0. The predicted molar refractivity (Wildman–Crippen MR) is 72.1 cm³/mol. The third-order valence-corrected chi connectivity index (χ3v) is 3.34. The molecule has 1 atom stereocenters. The molecule has 0 saturated heterocycles. The molecule has 0 spiro atoms. The quantitative estimate of drug-likeness (QED) is 0.718. The summed E-state index contributed by atoms with van der Waals surface area (Å²) in [7, 11) is 0. The summed E-state index contributed by atoms with van der Waals surface area (Å²) in [4.78, 5) is 26.7. The van der Waals surface area contributed by atoms with Gasteiger partial charge in [-0.3, -0.25) is 14.7 Å². The fourth-order valence-electron chi connectivity index (χ4n) is 2.02. The van der Waals surface area contributed by atoms with Crippen molar-refractivity contribution in [2.24, 2.45) is 0 Å². The smallest absolute Gasteiger partial charge is 0.311 e. The van der Waals surface area contributed by atoms with Gasteiger partial charge in [0, 0.05) is 12.0 Å². The van der Waals surface area contributed by atoms with Crippen molar-refractivity contribution in [2.45, 2.75) is 38.1 Å². The molecule has 2 aromatic rings. The molecule has 0 aliphatic heterocycles. The lowest BCUT2D eigenvalue weighted by Gasteiger charge is -2.08. The third-order valence-electron chi connectivity index (χ3n) is 3.34. The number of aromatic amines is 1. The predicted octanol–water partition coefficient (Wildman–Crippen LogP) is 0.788. The van der Waals surface area contributed by atoms with Crippen molar-refractivity contribution in [3.63, 3.8) is 0 Å². The molecule has 1 aliphatic carbocycles. The van der Waals surface area contributed by atoms with Crippen LogP contribution in [0.3, 0.4) is 0 Å². The Morgan fingerprint density at radius 3 is 3.00 bits per heavy atom. The Labute approximate surface area is 125 Å². The second-order valence-electron chi connectivity index (χ2n) is 5.29. The Hall–Kier alpha value is -2.71. The first-order valence-corrected chi connectivity index (χ1v) is 6.93. The van der Waals surface area contributed by atoms with Crippen molar-refractivity contribution in [3.8, 4) is 0 Å². The second kappa shape index (κ2) is 5.58. The molecule has 9 nitrogen and oxygen atoms in total.